The van der Waals surface area contributed by atoms with Crippen LogP contribution in [0.5, 0.6) is 0 Å². The average Bonchev–Trinajstić information content (AvgIpc) is 2.89. The van der Waals surface area contributed by atoms with Crippen LogP contribution in [-0.2, 0) is 4.84 Å². The molecule has 4 heteroatoms. The van der Waals surface area contributed by atoms with E-state index in [0.717, 1.165) is 26.9 Å². The fraction of sp³-hybridized carbons (Fsp3) is 0.120. The summed E-state index contributed by atoms with van der Waals surface area (Å²) in [6.45, 7) is 2.07. The maximum Gasteiger partial charge on any atom is 0.194 e. The van der Waals surface area contributed by atoms with Crippen molar-refractivity contribution >= 4 is 33.2 Å². The number of Topliss-reactive ketones (excluding diaryl/α,β-unsaturated/α-hetero) is 1. The quantitative estimate of drug-likeness (QED) is 0.467. The summed E-state index contributed by atoms with van der Waals surface area (Å²) in [5.74, 6) is 0.507. The van der Waals surface area contributed by atoms with Crippen molar-refractivity contribution in [2.75, 3.05) is 0 Å². The number of hydrogen-bond donors (Lipinski definition) is 0. The highest BCUT2D eigenvalue weighted by atomic mass is 79.9. The minimum absolute atomic E-state index is 0.0356. The fourth-order valence-electron chi connectivity index (χ4n) is 4.02. The summed E-state index contributed by atoms with van der Waals surface area (Å²) in [6.07, 6.45) is 0.600. The maximum atomic E-state index is 13.3. The summed E-state index contributed by atoms with van der Waals surface area (Å²) in [5, 5.41) is 4.48. The SMILES string of the molecule is Cc1ccc(C2CC(c3ccc(Br)cc3)=NOC3=C2C(=O)c2ccccc23)cc1. The van der Waals surface area contributed by atoms with Crippen LogP contribution in [0, 0.1) is 6.92 Å². The molecule has 0 fully saturated rings. The van der Waals surface area contributed by atoms with E-state index in [9.17, 15) is 4.79 Å². The lowest BCUT2D eigenvalue weighted by atomic mass is 9.83. The van der Waals surface area contributed by atoms with Gasteiger partial charge >= 0.3 is 0 Å². The molecule has 1 unspecified atom stereocenters. The van der Waals surface area contributed by atoms with Crippen LogP contribution >= 0.6 is 15.9 Å². The van der Waals surface area contributed by atoms with Gasteiger partial charge in [-0.2, -0.15) is 0 Å². The zero-order valence-electron chi connectivity index (χ0n) is 15.9. The molecule has 0 N–H and O–H groups in total. The molecule has 5 rings (SSSR count). The molecule has 29 heavy (non-hydrogen) atoms. The van der Waals surface area contributed by atoms with Crippen LogP contribution in [0.4, 0.5) is 0 Å². The number of nitrogens with zero attached hydrogens (tertiary/aromatic N) is 1. The third-order valence-corrected chi connectivity index (χ3v) is 6.08. The van der Waals surface area contributed by atoms with E-state index >= 15 is 0 Å². The van der Waals surface area contributed by atoms with Crippen LogP contribution in [0.2, 0.25) is 0 Å². The third-order valence-electron chi connectivity index (χ3n) is 5.56. The Bertz CT molecular complexity index is 1170. The summed E-state index contributed by atoms with van der Waals surface area (Å²) in [4.78, 5) is 19.3. The number of carbonyl (C=O) groups is 1. The minimum Gasteiger partial charge on any atom is -0.356 e. The molecule has 1 heterocycles. The fourth-order valence-corrected chi connectivity index (χ4v) is 4.28. The van der Waals surface area contributed by atoms with Gasteiger partial charge in [0.1, 0.15) is 0 Å². The number of benzene rings is 3. The second kappa shape index (κ2) is 7.12. The zero-order chi connectivity index (χ0) is 20.0. The third kappa shape index (κ3) is 3.14. The molecule has 0 amide bonds. The van der Waals surface area contributed by atoms with Crippen molar-refractivity contribution in [3.8, 4) is 0 Å². The topological polar surface area (TPSA) is 38.7 Å². The Morgan fingerprint density at radius 3 is 2.34 bits per heavy atom. The minimum atomic E-state index is -0.115. The highest BCUT2D eigenvalue weighted by Gasteiger charge is 2.39. The zero-order valence-corrected chi connectivity index (χ0v) is 17.4. The normalized spacial score (nSPS) is 17.9. The Morgan fingerprint density at radius 1 is 0.931 bits per heavy atom. The first-order valence-electron chi connectivity index (χ1n) is 9.56. The Balaban J connectivity index is 1.66. The van der Waals surface area contributed by atoms with E-state index in [-0.39, 0.29) is 11.7 Å². The van der Waals surface area contributed by atoms with E-state index < -0.39 is 0 Å². The number of oxime groups is 1. The molecule has 3 aromatic rings. The van der Waals surface area contributed by atoms with Crippen LogP contribution in [0.3, 0.4) is 0 Å². The van der Waals surface area contributed by atoms with Gasteiger partial charge in [0.25, 0.3) is 0 Å². The molecule has 0 saturated carbocycles. The molecule has 0 spiro atoms. The lowest BCUT2D eigenvalue weighted by molar-refractivity contribution is 0.103. The second-order valence-electron chi connectivity index (χ2n) is 7.42. The van der Waals surface area contributed by atoms with Gasteiger partial charge in [-0.25, -0.2) is 0 Å². The van der Waals surface area contributed by atoms with Gasteiger partial charge in [0, 0.05) is 27.9 Å². The molecular weight excluding hydrogens is 426 g/mol. The van der Waals surface area contributed by atoms with E-state index in [1.54, 1.807) is 0 Å². The van der Waals surface area contributed by atoms with Gasteiger partial charge in [0.2, 0.25) is 0 Å². The van der Waals surface area contributed by atoms with Crippen molar-refractivity contribution in [3.05, 3.63) is 111 Å². The largest absolute Gasteiger partial charge is 0.356 e. The molecule has 1 aliphatic heterocycles. The Labute approximate surface area is 177 Å². The van der Waals surface area contributed by atoms with Crippen LogP contribution in [0.15, 0.2) is 88.0 Å². The number of halogens is 1. The molecule has 2 aliphatic rings. The molecule has 0 radical (unpaired) electrons. The van der Waals surface area contributed by atoms with Crippen LogP contribution < -0.4 is 0 Å². The molecule has 0 saturated heterocycles. The van der Waals surface area contributed by atoms with Crippen LogP contribution in [0.25, 0.3) is 5.76 Å². The van der Waals surface area contributed by atoms with Crippen molar-refractivity contribution in [2.24, 2.45) is 5.16 Å². The van der Waals surface area contributed by atoms with Gasteiger partial charge in [-0.1, -0.05) is 87.3 Å². The summed E-state index contributed by atoms with van der Waals surface area (Å²) >= 11 is 3.48. The Hall–Kier alpha value is -2.98. The van der Waals surface area contributed by atoms with Gasteiger partial charge in [-0.05, 0) is 30.2 Å². The van der Waals surface area contributed by atoms with E-state index in [1.165, 1.54) is 5.56 Å². The molecule has 1 atom stereocenters. The highest BCUT2D eigenvalue weighted by Crippen LogP contribution is 2.44. The number of aryl methyl sites for hydroxylation is 1. The number of allylic oxidation sites excluding steroid dienone is 1. The van der Waals surface area contributed by atoms with Crippen LogP contribution in [0.1, 0.15) is 45.0 Å². The van der Waals surface area contributed by atoms with Crippen LogP contribution in [-0.4, -0.2) is 11.5 Å². The molecule has 1 aliphatic carbocycles. The molecule has 3 aromatic carbocycles. The number of carbonyl (C=O) groups excluding carboxylic acids is 1. The van der Waals surface area contributed by atoms with Gasteiger partial charge in [-0.3, -0.25) is 4.79 Å². The second-order valence-corrected chi connectivity index (χ2v) is 8.34. The average molecular weight is 444 g/mol. The van der Waals surface area contributed by atoms with Crippen molar-refractivity contribution in [2.45, 2.75) is 19.3 Å². The molecule has 142 valence electrons. The van der Waals surface area contributed by atoms with Crippen molar-refractivity contribution in [1.82, 2.24) is 0 Å². The molecule has 0 aromatic heterocycles. The molecule has 0 bridgehead atoms. The Kier molecular flexibility index (Phi) is 4.44. The van der Waals surface area contributed by atoms with E-state index in [1.807, 2.05) is 48.5 Å². The summed E-state index contributed by atoms with van der Waals surface area (Å²) in [6, 6.07) is 24.0. The summed E-state index contributed by atoms with van der Waals surface area (Å²) < 4.78 is 1.01. The van der Waals surface area contributed by atoms with E-state index in [2.05, 4.69) is 52.3 Å². The lowest BCUT2D eigenvalue weighted by Gasteiger charge is -2.18. The first-order valence-corrected chi connectivity index (χ1v) is 10.4. The number of fused-ring (bicyclic) bond motifs is 2. The first-order chi connectivity index (χ1) is 14.1. The predicted octanol–water partition coefficient (Wildman–Crippen LogP) is 6.27. The number of hydrogen-bond acceptors (Lipinski definition) is 3. The number of rotatable bonds is 2. The highest BCUT2D eigenvalue weighted by molar-refractivity contribution is 9.10. The van der Waals surface area contributed by atoms with E-state index in [4.69, 9.17) is 4.84 Å². The van der Waals surface area contributed by atoms with Gasteiger partial charge in [-0.15, -0.1) is 0 Å². The predicted molar refractivity (Wildman–Crippen MR) is 118 cm³/mol. The van der Waals surface area contributed by atoms with Gasteiger partial charge in [0.15, 0.2) is 11.5 Å². The molecule has 3 nitrogen and oxygen atoms in total. The smallest absolute Gasteiger partial charge is 0.194 e. The van der Waals surface area contributed by atoms with Gasteiger partial charge in [0.05, 0.1) is 11.3 Å². The lowest BCUT2D eigenvalue weighted by Crippen LogP contribution is -2.14. The first kappa shape index (κ1) is 18.1. The monoisotopic (exact) mass is 443 g/mol. The van der Waals surface area contributed by atoms with E-state index in [0.29, 0.717) is 23.3 Å². The summed E-state index contributed by atoms with van der Waals surface area (Å²) in [5.41, 5.74) is 6.33. The standard InChI is InChI=1S/C25H18BrNO2/c1-15-6-8-16(9-7-15)21-14-22(17-10-12-18(26)13-11-17)27-29-25-20-5-3-2-4-19(20)24(28)23(21)25/h2-13,21H,14H2,1H3. The maximum absolute atomic E-state index is 13.3. The number of ketones is 1. The Morgan fingerprint density at radius 2 is 1.62 bits per heavy atom. The van der Waals surface area contributed by atoms with Crippen molar-refractivity contribution < 1.29 is 9.63 Å². The summed E-state index contributed by atoms with van der Waals surface area (Å²) in [7, 11) is 0. The van der Waals surface area contributed by atoms with Crippen molar-refractivity contribution in [3.63, 3.8) is 0 Å². The molecular formula is C25H18BrNO2. The van der Waals surface area contributed by atoms with Gasteiger partial charge < -0.3 is 4.84 Å². The van der Waals surface area contributed by atoms with Crippen molar-refractivity contribution in [1.29, 1.82) is 0 Å².